The second kappa shape index (κ2) is 8.60. The van der Waals surface area contributed by atoms with E-state index >= 15 is 0 Å². The Balaban J connectivity index is 1.89. The van der Waals surface area contributed by atoms with Gasteiger partial charge in [0.25, 0.3) is 0 Å². The average Bonchev–Trinajstić information content (AvgIpc) is 2.53. The fraction of sp³-hybridized carbons (Fsp3) is 0.368. The van der Waals surface area contributed by atoms with Crippen molar-refractivity contribution in [3.05, 3.63) is 71.3 Å². The van der Waals surface area contributed by atoms with E-state index in [-0.39, 0.29) is 0 Å². The monoisotopic (exact) mass is 283 g/mol. The van der Waals surface area contributed by atoms with Crippen molar-refractivity contribution in [1.29, 1.82) is 0 Å². The zero-order valence-corrected chi connectivity index (χ0v) is 13.0. The summed E-state index contributed by atoms with van der Waals surface area (Å²) in [7, 11) is 1.73. The topological polar surface area (TPSA) is 21.3 Å². The van der Waals surface area contributed by atoms with Crippen LogP contribution in [0.1, 0.15) is 30.0 Å². The Morgan fingerprint density at radius 2 is 1.67 bits per heavy atom. The Morgan fingerprint density at radius 3 is 2.38 bits per heavy atom. The molecule has 2 rings (SSSR count). The predicted molar refractivity (Wildman–Crippen MR) is 88.2 cm³/mol. The van der Waals surface area contributed by atoms with Crippen LogP contribution in [-0.2, 0) is 24.3 Å². The Bertz CT molecular complexity index is 524. The quantitative estimate of drug-likeness (QED) is 0.792. The van der Waals surface area contributed by atoms with E-state index in [9.17, 15) is 0 Å². The zero-order valence-electron chi connectivity index (χ0n) is 13.0. The summed E-state index contributed by atoms with van der Waals surface area (Å²) in [6.07, 6.45) is 2.21. The fourth-order valence-electron chi connectivity index (χ4n) is 2.52. The molecule has 0 fully saturated rings. The van der Waals surface area contributed by atoms with E-state index in [1.807, 2.05) is 0 Å². The van der Waals surface area contributed by atoms with Gasteiger partial charge >= 0.3 is 0 Å². The number of ether oxygens (including phenoxy) is 1. The minimum Gasteiger partial charge on any atom is -0.380 e. The van der Waals surface area contributed by atoms with Gasteiger partial charge in [0, 0.05) is 19.7 Å². The standard InChI is InChI=1S/C19H25NO/c1-3-19(13-16-8-5-4-6-9-16)20-14-17-10-7-11-18(12-17)15-21-2/h4-12,19-20H,3,13-15H2,1-2H3. The van der Waals surface area contributed by atoms with Crippen LogP contribution >= 0.6 is 0 Å². The van der Waals surface area contributed by atoms with Crippen LogP contribution in [0, 0.1) is 0 Å². The largest absolute Gasteiger partial charge is 0.380 e. The van der Waals surface area contributed by atoms with Crippen LogP contribution in [0.25, 0.3) is 0 Å². The third-order valence-corrected chi connectivity index (χ3v) is 3.71. The number of nitrogens with one attached hydrogen (secondary N) is 1. The first-order valence-corrected chi connectivity index (χ1v) is 7.66. The van der Waals surface area contributed by atoms with E-state index in [1.54, 1.807) is 7.11 Å². The van der Waals surface area contributed by atoms with Gasteiger partial charge in [-0.2, -0.15) is 0 Å². The number of hydrogen-bond acceptors (Lipinski definition) is 2. The summed E-state index contributed by atoms with van der Waals surface area (Å²) in [5.74, 6) is 0. The van der Waals surface area contributed by atoms with Crippen molar-refractivity contribution >= 4 is 0 Å². The van der Waals surface area contributed by atoms with Crippen LogP contribution < -0.4 is 5.32 Å². The van der Waals surface area contributed by atoms with Crippen molar-refractivity contribution < 1.29 is 4.74 Å². The lowest BCUT2D eigenvalue weighted by Crippen LogP contribution is -2.30. The minimum atomic E-state index is 0.512. The molecule has 0 heterocycles. The van der Waals surface area contributed by atoms with Crippen LogP contribution in [-0.4, -0.2) is 13.2 Å². The summed E-state index contributed by atoms with van der Waals surface area (Å²) >= 11 is 0. The van der Waals surface area contributed by atoms with Gasteiger partial charge in [-0.3, -0.25) is 0 Å². The Labute approximate surface area is 128 Å². The normalized spacial score (nSPS) is 12.3. The third-order valence-electron chi connectivity index (χ3n) is 3.71. The number of benzene rings is 2. The van der Waals surface area contributed by atoms with Gasteiger partial charge in [-0.25, -0.2) is 0 Å². The first-order valence-electron chi connectivity index (χ1n) is 7.66. The molecule has 0 aliphatic carbocycles. The summed E-state index contributed by atoms with van der Waals surface area (Å²) in [5, 5.41) is 3.66. The maximum atomic E-state index is 5.19. The lowest BCUT2D eigenvalue weighted by Gasteiger charge is -2.17. The second-order valence-corrected chi connectivity index (χ2v) is 5.43. The van der Waals surface area contributed by atoms with Crippen molar-refractivity contribution in [1.82, 2.24) is 5.32 Å². The van der Waals surface area contributed by atoms with Gasteiger partial charge in [0.15, 0.2) is 0 Å². The molecule has 1 atom stereocenters. The van der Waals surface area contributed by atoms with Gasteiger partial charge in [0.05, 0.1) is 6.61 Å². The average molecular weight is 283 g/mol. The molecule has 21 heavy (non-hydrogen) atoms. The van der Waals surface area contributed by atoms with E-state index in [2.05, 4.69) is 66.8 Å². The zero-order chi connectivity index (χ0) is 14.9. The van der Waals surface area contributed by atoms with E-state index < -0.39 is 0 Å². The Hall–Kier alpha value is -1.64. The molecular formula is C19H25NO. The van der Waals surface area contributed by atoms with Crippen LogP contribution in [0.15, 0.2) is 54.6 Å². The minimum absolute atomic E-state index is 0.512. The van der Waals surface area contributed by atoms with Crippen molar-refractivity contribution in [2.75, 3.05) is 7.11 Å². The van der Waals surface area contributed by atoms with Gasteiger partial charge in [-0.05, 0) is 29.5 Å². The number of hydrogen-bond donors (Lipinski definition) is 1. The second-order valence-electron chi connectivity index (χ2n) is 5.43. The third kappa shape index (κ3) is 5.33. The van der Waals surface area contributed by atoms with Gasteiger partial charge in [0.1, 0.15) is 0 Å². The van der Waals surface area contributed by atoms with E-state index in [0.717, 1.165) is 19.4 Å². The molecule has 2 aromatic rings. The van der Waals surface area contributed by atoms with Crippen LogP contribution in [0.3, 0.4) is 0 Å². The summed E-state index contributed by atoms with van der Waals surface area (Å²) < 4.78 is 5.19. The molecule has 0 aromatic heterocycles. The lowest BCUT2D eigenvalue weighted by molar-refractivity contribution is 0.185. The van der Waals surface area contributed by atoms with Gasteiger partial charge in [-0.1, -0.05) is 61.5 Å². The maximum Gasteiger partial charge on any atom is 0.0713 e. The van der Waals surface area contributed by atoms with Gasteiger partial charge in [0.2, 0.25) is 0 Å². The SMILES string of the molecule is CCC(Cc1ccccc1)NCc1cccc(COC)c1. The smallest absolute Gasteiger partial charge is 0.0713 e. The molecule has 0 spiro atoms. The highest BCUT2D eigenvalue weighted by Crippen LogP contribution is 2.09. The molecule has 2 nitrogen and oxygen atoms in total. The van der Waals surface area contributed by atoms with Crippen LogP contribution in [0.2, 0.25) is 0 Å². The molecule has 0 amide bonds. The maximum absolute atomic E-state index is 5.19. The van der Waals surface area contributed by atoms with Gasteiger partial charge < -0.3 is 10.1 Å². The van der Waals surface area contributed by atoms with Gasteiger partial charge in [-0.15, -0.1) is 0 Å². The molecule has 0 bridgehead atoms. The van der Waals surface area contributed by atoms with E-state index in [1.165, 1.54) is 16.7 Å². The first kappa shape index (κ1) is 15.7. The molecule has 1 N–H and O–H groups in total. The lowest BCUT2D eigenvalue weighted by atomic mass is 10.0. The summed E-state index contributed by atoms with van der Waals surface area (Å²) in [5.41, 5.74) is 3.94. The van der Waals surface area contributed by atoms with Crippen molar-refractivity contribution in [3.63, 3.8) is 0 Å². The molecule has 112 valence electrons. The van der Waals surface area contributed by atoms with E-state index in [0.29, 0.717) is 12.6 Å². The molecule has 0 aliphatic heterocycles. The van der Waals surface area contributed by atoms with Crippen molar-refractivity contribution in [2.24, 2.45) is 0 Å². The number of methoxy groups -OCH3 is 1. The molecule has 1 unspecified atom stereocenters. The van der Waals surface area contributed by atoms with Crippen molar-refractivity contribution in [3.8, 4) is 0 Å². The fourth-order valence-corrected chi connectivity index (χ4v) is 2.52. The highest BCUT2D eigenvalue weighted by atomic mass is 16.5. The van der Waals surface area contributed by atoms with Crippen LogP contribution in [0.4, 0.5) is 0 Å². The summed E-state index contributed by atoms with van der Waals surface area (Å²) in [6.45, 7) is 3.82. The highest BCUT2D eigenvalue weighted by Gasteiger charge is 2.07. The Kier molecular flexibility index (Phi) is 6.45. The molecule has 0 aliphatic rings. The molecule has 2 aromatic carbocycles. The molecule has 2 heteroatoms. The van der Waals surface area contributed by atoms with Crippen LogP contribution in [0.5, 0.6) is 0 Å². The molecule has 0 radical (unpaired) electrons. The molecular weight excluding hydrogens is 258 g/mol. The van der Waals surface area contributed by atoms with Crippen molar-refractivity contribution in [2.45, 2.75) is 39.0 Å². The summed E-state index contributed by atoms with van der Waals surface area (Å²) in [4.78, 5) is 0. The first-order chi connectivity index (χ1) is 10.3. The summed E-state index contributed by atoms with van der Waals surface area (Å²) in [6, 6.07) is 19.8. The highest BCUT2D eigenvalue weighted by molar-refractivity contribution is 5.23. The number of rotatable bonds is 8. The molecule has 0 saturated heterocycles. The van der Waals surface area contributed by atoms with E-state index in [4.69, 9.17) is 4.74 Å². The predicted octanol–water partition coefficient (Wildman–Crippen LogP) is 3.94. The molecule has 0 saturated carbocycles. The Morgan fingerprint density at radius 1 is 0.952 bits per heavy atom.